The molecule has 6 nitrogen and oxygen atoms in total. The number of benzene rings is 1. The summed E-state index contributed by atoms with van der Waals surface area (Å²) < 4.78 is 11.0. The van der Waals surface area contributed by atoms with Crippen LogP contribution in [0.15, 0.2) is 34.9 Å². The topological polar surface area (TPSA) is 68.5 Å². The maximum Gasteiger partial charge on any atom is 0.261 e. The van der Waals surface area contributed by atoms with Gasteiger partial charge in [0.15, 0.2) is 12.4 Å². The number of hydrogen-bond acceptors (Lipinski definition) is 5. The summed E-state index contributed by atoms with van der Waals surface area (Å²) in [6.45, 7) is 0.743. The lowest BCUT2D eigenvalue weighted by Gasteiger charge is -2.21. The van der Waals surface area contributed by atoms with Gasteiger partial charge in [0.1, 0.15) is 11.8 Å². The Morgan fingerprint density at radius 2 is 2.09 bits per heavy atom. The average Bonchev–Trinajstić information content (AvgIpc) is 3.12. The highest BCUT2D eigenvalue weighted by molar-refractivity contribution is 5.78. The van der Waals surface area contributed by atoms with Crippen LogP contribution < -0.4 is 4.74 Å². The second-order valence-electron chi connectivity index (χ2n) is 6.11. The number of amides is 1. The lowest BCUT2D eigenvalue weighted by molar-refractivity contribution is -0.134. The quantitative estimate of drug-likeness (QED) is 0.849. The van der Waals surface area contributed by atoms with Crippen molar-refractivity contribution in [2.24, 2.45) is 0 Å². The number of para-hydroxylation sites is 1. The van der Waals surface area contributed by atoms with Crippen LogP contribution in [0.4, 0.5) is 0 Å². The van der Waals surface area contributed by atoms with Crippen molar-refractivity contribution in [3.05, 3.63) is 42.0 Å². The SMILES string of the molecule is O=C(COc1ccccc1)N1CCCC1c1nc(C2CC2)no1. The minimum Gasteiger partial charge on any atom is -0.484 e. The zero-order valence-electron chi connectivity index (χ0n) is 12.9. The fourth-order valence-corrected chi connectivity index (χ4v) is 2.96. The molecule has 1 saturated carbocycles. The van der Waals surface area contributed by atoms with Crippen LogP contribution in [0.5, 0.6) is 5.75 Å². The van der Waals surface area contributed by atoms with Gasteiger partial charge in [-0.3, -0.25) is 4.79 Å². The molecule has 23 heavy (non-hydrogen) atoms. The van der Waals surface area contributed by atoms with Crippen molar-refractivity contribution in [2.45, 2.75) is 37.6 Å². The highest BCUT2D eigenvalue weighted by Crippen LogP contribution is 2.39. The number of nitrogens with zero attached hydrogens (tertiary/aromatic N) is 3. The van der Waals surface area contributed by atoms with Crippen LogP contribution in [0.25, 0.3) is 0 Å². The smallest absolute Gasteiger partial charge is 0.261 e. The molecule has 1 atom stereocenters. The van der Waals surface area contributed by atoms with Crippen molar-refractivity contribution < 1.29 is 14.1 Å². The summed E-state index contributed by atoms with van der Waals surface area (Å²) >= 11 is 0. The van der Waals surface area contributed by atoms with Crippen molar-refractivity contribution >= 4 is 5.91 Å². The van der Waals surface area contributed by atoms with E-state index >= 15 is 0 Å². The summed E-state index contributed by atoms with van der Waals surface area (Å²) in [5.41, 5.74) is 0. The molecule has 2 aromatic rings. The minimum absolute atomic E-state index is 0.0319. The van der Waals surface area contributed by atoms with Crippen molar-refractivity contribution in [3.8, 4) is 5.75 Å². The van der Waals surface area contributed by atoms with Crippen LogP contribution in [0, 0.1) is 0 Å². The van der Waals surface area contributed by atoms with Gasteiger partial charge in [0.25, 0.3) is 5.91 Å². The number of aromatic nitrogens is 2. The van der Waals surface area contributed by atoms with E-state index in [0.717, 1.165) is 31.5 Å². The van der Waals surface area contributed by atoms with Gasteiger partial charge in [-0.25, -0.2) is 0 Å². The Balaban J connectivity index is 1.41. The Morgan fingerprint density at radius 1 is 1.26 bits per heavy atom. The van der Waals surface area contributed by atoms with Crippen LogP contribution >= 0.6 is 0 Å². The molecule has 1 aromatic carbocycles. The molecule has 2 fully saturated rings. The normalized spacial score (nSPS) is 20.7. The van der Waals surface area contributed by atoms with Gasteiger partial charge in [-0.2, -0.15) is 4.98 Å². The van der Waals surface area contributed by atoms with Crippen molar-refractivity contribution in [1.29, 1.82) is 0 Å². The third-order valence-electron chi connectivity index (χ3n) is 4.36. The second-order valence-corrected chi connectivity index (χ2v) is 6.11. The lowest BCUT2D eigenvalue weighted by Crippen LogP contribution is -2.34. The maximum atomic E-state index is 12.5. The number of rotatable bonds is 5. The standard InChI is InChI=1S/C17H19N3O3/c21-15(11-22-13-5-2-1-3-6-13)20-10-4-7-14(20)17-18-16(19-23-17)12-8-9-12/h1-3,5-6,12,14H,4,7-11H2. The fraction of sp³-hybridized carbons (Fsp3) is 0.471. The number of likely N-dealkylation sites (tertiary alicyclic amines) is 1. The van der Waals surface area contributed by atoms with Gasteiger partial charge < -0.3 is 14.2 Å². The molecule has 120 valence electrons. The molecule has 1 aliphatic heterocycles. The molecule has 1 amide bonds. The predicted octanol–water partition coefficient (Wildman–Crippen LogP) is 2.69. The largest absolute Gasteiger partial charge is 0.484 e. The average molecular weight is 313 g/mol. The van der Waals surface area contributed by atoms with E-state index in [1.165, 1.54) is 0 Å². The summed E-state index contributed by atoms with van der Waals surface area (Å²) in [5.74, 6) is 2.48. The zero-order chi connectivity index (χ0) is 15.6. The minimum atomic E-state index is -0.109. The zero-order valence-corrected chi connectivity index (χ0v) is 12.9. The highest BCUT2D eigenvalue weighted by atomic mass is 16.5. The maximum absolute atomic E-state index is 12.5. The van der Waals surface area contributed by atoms with Gasteiger partial charge in [-0.15, -0.1) is 0 Å². The van der Waals surface area contributed by atoms with E-state index < -0.39 is 0 Å². The number of carbonyl (C=O) groups is 1. The Bertz CT molecular complexity index is 681. The molecule has 4 rings (SSSR count). The molecule has 1 unspecified atom stereocenters. The van der Waals surface area contributed by atoms with E-state index in [1.54, 1.807) is 4.90 Å². The molecule has 2 aliphatic rings. The molecule has 1 aromatic heterocycles. The van der Waals surface area contributed by atoms with E-state index in [0.29, 0.717) is 24.1 Å². The van der Waals surface area contributed by atoms with E-state index in [2.05, 4.69) is 10.1 Å². The Hall–Kier alpha value is -2.37. The van der Waals surface area contributed by atoms with Gasteiger partial charge in [0.2, 0.25) is 5.89 Å². The lowest BCUT2D eigenvalue weighted by atomic mass is 10.2. The molecule has 0 bridgehead atoms. The van der Waals surface area contributed by atoms with Crippen molar-refractivity contribution in [2.75, 3.05) is 13.2 Å². The summed E-state index contributed by atoms with van der Waals surface area (Å²) in [7, 11) is 0. The fourth-order valence-electron chi connectivity index (χ4n) is 2.96. The third-order valence-corrected chi connectivity index (χ3v) is 4.36. The molecule has 0 spiro atoms. The third kappa shape index (κ3) is 3.06. The first-order chi connectivity index (χ1) is 11.3. The summed E-state index contributed by atoms with van der Waals surface area (Å²) in [6.07, 6.45) is 4.08. The first kappa shape index (κ1) is 14.2. The van der Waals surface area contributed by atoms with Crippen molar-refractivity contribution in [1.82, 2.24) is 15.0 Å². The van der Waals surface area contributed by atoms with Crippen LogP contribution in [0.3, 0.4) is 0 Å². The Morgan fingerprint density at radius 3 is 2.87 bits per heavy atom. The number of hydrogen-bond donors (Lipinski definition) is 0. The number of carbonyl (C=O) groups excluding carboxylic acids is 1. The van der Waals surface area contributed by atoms with Crippen LogP contribution in [0.1, 0.15) is 49.4 Å². The molecular weight excluding hydrogens is 294 g/mol. The van der Waals surface area contributed by atoms with Gasteiger partial charge >= 0.3 is 0 Å². The number of ether oxygens (including phenoxy) is 1. The Labute approximate surface area is 134 Å². The first-order valence-corrected chi connectivity index (χ1v) is 8.12. The molecule has 0 N–H and O–H groups in total. The van der Waals surface area contributed by atoms with Gasteiger partial charge in [-0.05, 0) is 37.8 Å². The summed E-state index contributed by atoms with van der Waals surface area (Å²) in [4.78, 5) is 18.8. The molecular formula is C17H19N3O3. The summed E-state index contributed by atoms with van der Waals surface area (Å²) in [6, 6.07) is 9.26. The van der Waals surface area contributed by atoms with E-state index in [-0.39, 0.29) is 18.6 Å². The summed E-state index contributed by atoms with van der Waals surface area (Å²) in [5, 5.41) is 4.05. The van der Waals surface area contributed by atoms with E-state index in [9.17, 15) is 4.79 Å². The van der Waals surface area contributed by atoms with Crippen molar-refractivity contribution in [3.63, 3.8) is 0 Å². The van der Waals surface area contributed by atoms with Gasteiger partial charge in [0, 0.05) is 12.5 Å². The van der Waals surface area contributed by atoms with Gasteiger partial charge in [-0.1, -0.05) is 23.4 Å². The molecule has 1 aliphatic carbocycles. The first-order valence-electron chi connectivity index (χ1n) is 8.12. The van der Waals surface area contributed by atoms with Gasteiger partial charge in [0.05, 0.1) is 0 Å². The second kappa shape index (κ2) is 6.02. The van der Waals surface area contributed by atoms with E-state index in [1.807, 2.05) is 30.3 Å². The van der Waals surface area contributed by atoms with Crippen LogP contribution in [-0.4, -0.2) is 34.1 Å². The van der Waals surface area contributed by atoms with E-state index in [4.69, 9.17) is 9.26 Å². The monoisotopic (exact) mass is 313 g/mol. The molecule has 2 heterocycles. The Kier molecular flexibility index (Phi) is 3.73. The van der Waals surface area contributed by atoms with Crippen LogP contribution in [0.2, 0.25) is 0 Å². The predicted molar refractivity (Wildman–Crippen MR) is 81.9 cm³/mol. The van der Waals surface area contributed by atoms with Crippen LogP contribution in [-0.2, 0) is 4.79 Å². The molecule has 6 heteroatoms. The highest BCUT2D eigenvalue weighted by Gasteiger charge is 2.36. The molecule has 1 saturated heterocycles. The molecule has 0 radical (unpaired) electrons.